The SMILES string of the molecule is CC1CCN(C(=O)c2cncc(NCc3ccco3)c2)CC1. The van der Waals surface area contributed by atoms with E-state index in [1.807, 2.05) is 23.1 Å². The molecular weight excluding hydrogens is 278 g/mol. The molecule has 1 N–H and O–H groups in total. The third kappa shape index (κ3) is 3.47. The molecule has 3 heterocycles. The number of carbonyl (C=O) groups excluding carboxylic acids is 1. The molecule has 0 aromatic carbocycles. The van der Waals surface area contributed by atoms with E-state index in [0.717, 1.165) is 37.4 Å². The van der Waals surface area contributed by atoms with Crippen LogP contribution in [0.25, 0.3) is 0 Å². The summed E-state index contributed by atoms with van der Waals surface area (Å²) in [6, 6.07) is 5.62. The first-order chi connectivity index (χ1) is 10.7. The summed E-state index contributed by atoms with van der Waals surface area (Å²) in [6.07, 6.45) is 7.16. The predicted octanol–water partition coefficient (Wildman–Crippen LogP) is 3.16. The first kappa shape index (κ1) is 14.6. The van der Waals surface area contributed by atoms with Crippen LogP contribution in [0.3, 0.4) is 0 Å². The molecule has 0 bridgehead atoms. The van der Waals surface area contributed by atoms with Gasteiger partial charge in [-0.25, -0.2) is 0 Å². The first-order valence-electron chi connectivity index (χ1n) is 7.73. The van der Waals surface area contributed by atoms with E-state index in [4.69, 9.17) is 4.42 Å². The number of pyridine rings is 1. The third-order valence-corrected chi connectivity index (χ3v) is 4.10. The van der Waals surface area contributed by atoms with Gasteiger partial charge in [-0.05, 0) is 37.0 Å². The Morgan fingerprint density at radius 3 is 2.95 bits per heavy atom. The fourth-order valence-corrected chi connectivity index (χ4v) is 2.65. The Morgan fingerprint density at radius 1 is 1.41 bits per heavy atom. The van der Waals surface area contributed by atoms with Gasteiger partial charge < -0.3 is 14.6 Å². The van der Waals surface area contributed by atoms with Gasteiger partial charge >= 0.3 is 0 Å². The van der Waals surface area contributed by atoms with E-state index < -0.39 is 0 Å². The Kier molecular flexibility index (Phi) is 4.42. The van der Waals surface area contributed by atoms with Gasteiger partial charge in [0.05, 0.1) is 24.1 Å². The van der Waals surface area contributed by atoms with Crippen LogP contribution in [0, 0.1) is 5.92 Å². The molecule has 0 atom stereocenters. The second-order valence-corrected chi connectivity index (χ2v) is 5.87. The van der Waals surface area contributed by atoms with Crippen LogP contribution in [0.1, 0.15) is 35.9 Å². The summed E-state index contributed by atoms with van der Waals surface area (Å²) in [6.45, 7) is 4.49. The van der Waals surface area contributed by atoms with Gasteiger partial charge in [0, 0.05) is 25.5 Å². The topological polar surface area (TPSA) is 58.4 Å². The Balaban J connectivity index is 1.64. The molecule has 1 fully saturated rings. The van der Waals surface area contributed by atoms with Crippen molar-refractivity contribution < 1.29 is 9.21 Å². The van der Waals surface area contributed by atoms with Gasteiger partial charge in [0.25, 0.3) is 5.91 Å². The van der Waals surface area contributed by atoms with Gasteiger partial charge in [-0.15, -0.1) is 0 Å². The van der Waals surface area contributed by atoms with Gasteiger partial charge in [-0.3, -0.25) is 9.78 Å². The smallest absolute Gasteiger partial charge is 0.255 e. The lowest BCUT2D eigenvalue weighted by molar-refractivity contribution is 0.0697. The van der Waals surface area contributed by atoms with Crippen LogP contribution in [-0.2, 0) is 6.54 Å². The highest BCUT2D eigenvalue weighted by molar-refractivity contribution is 5.94. The molecule has 1 saturated heterocycles. The van der Waals surface area contributed by atoms with Crippen LogP contribution < -0.4 is 5.32 Å². The largest absolute Gasteiger partial charge is 0.467 e. The summed E-state index contributed by atoms with van der Waals surface area (Å²) >= 11 is 0. The maximum Gasteiger partial charge on any atom is 0.255 e. The normalized spacial score (nSPS) is 15.8. The standard InChI is InChI=1S/C17H21N3O2/c1-13-4-6-20(7-5-13)17(21)14-9-15(11-18-10-14)19-12-16-3-2-8-22-16/h2-3,8-11,13,19H,4-7,12H2,1H3. The number of hydrogen-bond acceptors (Lipinski definition) is 4. The average molecular weight is 299 g/mol. The van der Waals surface area contributed by atoms with Crippen LogP contribution in [0.4, 0.5) is 5.69 Å². The molecule has 5 nitrogen and oxygen atoms in total. The van der Waals surface area contributed by atoms with Crippen molar-refractivity contribution in [2.24, 2.45) is 5.92 Å². The minimum absolute atomic E-state index is 0.0704. The molecule has 0 saturated carbocycles. The Bertz CT molecular complexity index is 617. The van der Waals surface area contributed by atoms with Crippen molar-refractivity contribution in [3.05, 3.63) is 48.2 Å². The van der Waals surface area contributed by atoms with Crippen molar-refractivity contribution in [2.75, 3.05) is 18.4 Å². The molecule has 5 heteroatoms. The number of nitrogens with zero attached hydrogens (tertiary/aromatic N) is 2. The number of carbonyl (C=O) groups is 1. The summed E-state index contributed by atoms with van der Waals surface area (Å²) in [7, 11) is 0. The number of anilines is 1. The molecule has 2 aromatic heterocycles. The van der Waals surface area contributed by atoms with Crippen LogP contribution in [0.5, 0.6) is 0 Å². The maximum absolute atomic E-state index is 12.5. The molecule has 1 amide bonds. The van der Waals surface area contributed by atoms with Gasteiger partial charge in [0.15, 0.2) is 0 Å². The number of amides is 1. The Morgan fingerprint density at radius 2 is 2.23 bits per heavy atom. The lowest BCUT2D eigenvalue weighted by Gasteiger charge is -2.30. The van der Waals surface area contributed by atoms with E-state index in [1.54, 1.807) is 18.7 Å². The number of piperidine rings is 1. The number of nitrogens with one attached hydrogen (secondary N) is 1. The molecule has 1 aliphatic rings. The Hall–Kier alpha value is -2.30. The molecule has 22 heavy (non-hydrogen) atoms. The number of aromatic nitrogens is 1. The number of likely N-dealkylation sites (tertiary alicyclic amines) is 1. The van der Waals surface area contributed by atoms with Crippen LogP contribution in [-0.4, -0.2) is 28.9 Å². The molecule has 3 rings (SSSR count). The fraction of sp³-hybridized carbons (Fsp3) is 0.412. The van der Waals surface area contributed by atoms with Crippen molar-refractivity contribution in [3.63, 3.8) is 0 Å². The van der Waals surface area contributed by atoms with Crippen molar-refractivity contribution >= 4 is 11.6 Å². The highest BCUT2D eigenvalue weighted by Gasteiger charge is 2.21. The molecule has 0 radical (unpaired) electrons. The van der Waals surface area contributed by atoms with Crippen molar-refractivity contribution in [2.45, 2.75) is 26.3 Å². The zero-order chi connectivity index (χ0) is 15.4. The average Bonchev–Trinajstić information content (AvgIpc) is 3.07. The first-order valence-corrected chi connectivity index (χ1v) is 7.73. The second-order valence-electron chi connectivity index (χ2n) is 5.87. The van der Waals surface area contributed by atoms with E-state index in [1.165, 1.54) is 0 Å². The van der Waals surface area contributed by atoms with E-state index >= 15 is 0 Å². The quantitative estimate of drug-likeness (QED) is 0.942. The molecular formula is C17H21N3O2. The van der Waals surface area contributed by atoms with Gasteiger partial charge in [0.1, 0.15) is 5.76 Å². The van der Waals surface area contributed by atoms with E-state index in [-0.39, 0.29) is 5.91 Å². The van der Waals surface area contributed by atoms with Crippen molar-refractivity contribution in [1.82, 2.24) is 9.88 Å². The summed E-state index contributed by atoms with van der Waals surface area (Å²) in [4.78, 5) is 18.6. The minimum atomic E-state index is 0.0704. The molecule has 1 aliphatic heterocycles. The summed E-state index contributed by atoms with van der Waals surface area (Å²) in [5.41, 5.74) is 1.46. The van der Waals surface area contributed by atoms with Crippen molar-refractivity contribution in [1.29, 1.82) is 0 Å². The molecule has 0 spiro atoms. The third-order valence-electron chi connectivity index (χ3n) is 4.10. The van der Waals surface area contributed by atoms with Crippen molar-refractivity contribution in [3.8, 4) is 0 Å². The number of rotatable bonds is 4. The lowest BCUT2D eigenvalue weighted by Crippen LogP contribution is -2.37. The minimum Gasteiger partial charge on any atom is -0.467 e. The predicted molar refractivity (Wildman–Crippen MR) is 84.6 cm³/mol. The van der Waals surface area contributed by atoms with E-state index in [0.29, 0.717) is 18.0 Å². The van der Waals surface area contributed by atoms with Gasteiger partial charge in [0.2, 0.25) is 0 Å². The molecule has 2 aromatic rings. The summed E-state index contributed by atoms with van der Waals surface area (Å²) < 4.78 is 5.28. The van der Waals surface area contributed by atoms with Crippen LogP contribution in [0.15, 0.2) is 41.3 Å². The second kappa shape index (κ2) is 6.64. The summed E-state index contributed by atoms with van der Waals surface area (Å²) in [5, 5.41) is 3.23. The van der Waals surface area contributed by atoms with Gasteiger partial charge in [-0.1, -0.05) is 6.92 Å². The monoisotopic (exact) mass is 299 g/mol. The molecule has 0 aliphatic carbocycles. The van der Waals surface area contributed by atoms with Crippen LogP contribution in [0.2, 0.25) is 0 Å². The van der Waals surface area contributed by atoms with Crippen LogP contribution >= 0.6 is 0 Å². The van der Waals surface area contributed by atoms with E-state index in [2.05, 4.69) is 17.2 Å². The lowest BCUT2D eigenvalue weighted by atomic mass is 9.99. The zero-order valence-electron chi connectivity index (χ0n) is 12.8. The highest BCUT2D eigenvalue weighted by atomic mass is 16.3. The molecule has 0 unspecified atom stereocenters. The molecule has 116 valence electrons. The summed E-state index contributed by atoms with van der Waals surface area (Å²) in [5.74, 6) is 1.63. The number of hydrogen-bond donors (Lipinski definition) is 1. The fourth-order valence-electron chi connectivity index (χ4n) is 2.65. The zero-order valence-corrected chi connectivity index (χ0v) is 12.8. The maximum atomic E-state index is 12.5. The van der Waals surface area contributed by atoms with Gasteiger partial charge in [-0.2, -0.15) is 0 Å². The Labute approximate surface area is 130 Å². The highest BCUT2D eigenvalue weighted by Crippen LogP contribution is 2.19. The number of furan rings is 1. The van der Waals surface area contributed by atoms with E-state index in [9.17, 15) is 4.79 Å².